The Kier molecular flexibility index (Phi) is 4.70. The van der Waals surface area contributed by atoms with Crippen molar-refractivity contribution in [2.45, 2.75) is 13.8 Å². The number of nitrogens with one attached hydrogen (secondary N) is 1. The van der Waals surface area contributed by atoms with E-state index in [1.807, 2.05) is 55.5 Å². The highest BCUT2D eigenvalue weighted by atomic mass is 16.2. The van der Waals surface area contributed by atoms with Crippen LogP contribution >= 0.6 is 0 Å². The molecule has 0 fully saturated rings. The molecule has 124 valence electrons. The van der Waals surface area contributed by atoms with E-state index in [1.54, 1.807) is 13.0 Å². The van der Waals surface area contributed by atoms with Gasteiger partial charge >= 0.3 is 0 Å². The molecule has 0 saturated carbocycles. The Labute approximate surface area is 146 Å². The molecule has 0 spiro atoms. The van der Waals surface area contributed by atoms with Gasteiger partial charge in [-0.2, -0.15) is 0 Å². The molecule has 0 radical (unpaired) electrons. The lowest BCUT2D eigenvalue weighted by Gasteiger charge is -2.13. The average molecular weight is 330 g/mol. The van der Waals surface area contributed by atoms with E-state index in [0.717, 1.165) is 28.7 Å². The van der Waals surface area contributed by atoms with Crippen molar-refractivity contribution < 1.29 is 9.59 Å². The second kappa shape index (κ2) is 7.09. The molecule has 0 atom stereocenters. The SMILES string of the molecule is Cc1c(NC(=O)c2nccc(C=O)c2C)cccc1-c1ccccc1. The van der Waals surface area contributed by atoms with Crippen LogP contribution in [0.4, 0.5) is 5.69 Å². The molecular formula is C21H18N2O2. The molecule has 1 heterocycles. The van der Waals surface area contributed by atoms with Gasteiger partial charge < -0.3 is 5.32 Å². The number of aromatic nitrogens is 1. The van der Waals surface area contributed by atoms with Gasteiger partial charge in [0.25, 0.3) is 5.91 Å². The quantitative estimate of drug-likeness (QED) is 0.720. The third-order valence-corrected chi connectivity index (χ3v) is 4.25. The Bertz CT molecular complexity index is 934. The molecule has 1 amide bonds. The molecule has 2 aromatic carbocycles. The number of pyridine rings is 1. The van der Waals surface area contributed by atoms with Crippen LogP contribution in [0.1, 0.15) is 32.0 Å². The molecule has 3 aromatic rings. The van der Waals surface area contributed by atoms with Crippen molar-refractivity contribution in [3.8, 4) is 11.1 Å². The van der Waals surface area contributed by atoms with Gasteiger partial charge in [-0.15, -0.1) is 0 Å². The number of carbonyl (C=O) groups is 2. The topological polar surface area (TPSA) is 59.1 Å². The van der Waals surface area contributed by atoms with Gasteiger partial charge in [-0.3, -0.25) is 14.6 Å². The first-order valence-corrected chi connectivity index (χ1v) is 7.99. The Balaban J connectivity index is 1.94. The summed E-state index contributed by atoms with van der Waals surface area (Å²) in [6, 6.07) is 17.4. The maximum atomic E-state index is 12.6. The summed E-state index contributed by atoms with van der Waals surface area (Å²) in [6.45, 7) is 3.69. The third kappa shape index (κ3) is 3.33. The monoisotopic (exact) mass is 330 g/mol. The number of rotatable bonds is 4. The van der Waals surface area contributed by atoms with Crippen LogP contribution in [0.15, 0.2) is 60.8 Å². The number of benzene rings is 2. The van der Waals surface area contributed by atoms with Crippen LogP contribution in [0, 0.1) is 13.8 Å². The Morgan fingerprint density at radius 2 is 1.72 bits per heavy atom. The number of nitrogens with zero attached hydrogens (tertiary/aromatic N) is 1. The fourth-order valence-electron chi connectivity index (χ4n) is 2.79. The van der Waals surface area contributed by atoms with E-state index in [4.69, 9.17) is 0 Å². The van der Waals surface area contributed by atoms with E-state index >= 15 is 0 Å². The van der Waals surface area contributed by atoms with Crippen LogP contribution in [0.5, 0.6) is 0 Å². The molecular weight excluding hydrogens is 312 g/mol. The van der Waals surface area contributed by atoms with Crippen molar-refractivity contribution >= 4 is 17.9 Å². The molecule has 25 heavy (non-hydrogen) atoms. The first-order valence-electron chi connectivity index (χ1n) is 7.99. The van der Waals surface area contributed by atoms with Crippen molar-refractivity contribution in [1.82, 2.24) is 4.98 Å². The summed E-state index contributed by atoms with van der Waals surface area (Å²) in [7, 11) is 0. The van der Waals surface area contributed by atoms with E-state index < -0.39 is 0 Å². The number of anilines is 1. The van der Waals surface area contributed by atoms with E-state index in [9.17, 15) is 9.59 Å². The third-order valence-electron chi connectivity index (χ3n) is 4.25. The second-order valence-electron chi connectivity index (χ2n) is 5.79. The average Bonchev–Trinajstić information content (AvgIpc) is 2.64. The zero-order valence-electron chi connectivity index (χ0n) is 14.1. The van der Waals surface area contributed by atoms with Crippen molar-refractivity contribution in [3.63, 3.8) is 0 Å². The maximum absolute atomic E-state index is 12.6. The van der Waals surface area contributed by atoms with E-state index in [0.29, 0.717) is 11.1 Å². The molecule has 0 saturated heterocycles. The predicted molar refractivity (Wildman–Crippen MR) is 98.9 cm³/mol. The first kappa shape index (κ1) is 16.6. The van der Waals surface area contributed by atoms with Gasteiger partial charge in [-0.25, -0.2) is 0 Å². The molecule has 4 nitrogen and oxygen atoms in total. The standard InChI is InChI=1S/C21H18N2O2/c1-14-17(13-24)11-12-22-20(14)21(25)23-19-10-6-9-18(15(19)2)16-7-4-3-5-8-16/h3-13H,1-2H3,(H,23,25). The minimum atomic E-state index is -0.325. The Hall–Kier alpha value is -3.27. The zero-order chi connectivity index (χ0) is 17.8. The lowest BCUT2D eigenvalue weighted by Crippen LogP contribution is -2.17. The summed E-state index contributed by atoms with van der Waals surface area (Å²) in [4.78, 5) is 27.8. The highest BCUT2D eigenvalue weighted by molar-refractivity contribution is 6.05. The minimum absolute atomic E-state index is 0.258. The fraction of sp³-hybridized carbons (Fsp3) is 0.0952. The van der Waals surface area contributed by atoms with Gasteiger partial charge in [0.2, 0.25) is 0 Å². The predicted octanol–water partition coefficient (Wildman–Crippen LogP) is 4.43. The highest BCUT2D eigenvalue weighted by Crippen LogP contribution is 2.28. The number of aldehydes is 1. The Morgan fingerprint density at radius 3 is 2.44 bits per heavy atom. The number of amides is 1. The van der Waals surface area contributed by atoms with Crippen LogP contribution in [0.3, 0.4) is 0 Å². The second-order valence-corrected chi connectivity index (χ2v) is 5.79. The smallest absolute Gasteiger partial charge is 0.274 e. The van der Waals surface area contributed by atoms with Crippen LogP contribution in [-0.2, 0) is 0 Å². The fourth-order valence-corrected chi connectivity index (χ4v) is 2.79. The molecule has 0 bridgehead atoms. The molecule has 0 aliphatic heterocycles. The van der Waals surface area contributed by atoms with Crippen LogP contribution in [0.2, 0.25) is 0 Å². The summed E-state index contributed by atoms with van der Waals surface area (Å²) in [5, 5.41) is 2.91. The zero-order valence-corrected chi connectivity index (χ0v) is 14.1. The van der Waals surface area contributed by atoms with Crippen LogP contribution in [0.25, 0.3) is 11.1 Å². The van der Waals surface area contributed by atoms with Gasteiger partial charge in [0.1, 0.15) is 12.0 Å². The van der Waals surface area contributed by atoms with E-state index in [-0.39, 0.29) is 11.6 Å². The molecule has 0 aliphatic rings. The largest absolute Gasteiger partial charge is 0.320 e. The molecule has 1 aromatic heterocycles. The normalized spacial score (nSPS) is 10.3. The molecule has 1 N–H and O–H groups in total. The van der Waals surface area contributed by atoms with Crippen molar-refractivity contribution in [2.24, 2.45) is 0 Å². The summed E-state index contributed by atoms with van der Waals surface area (Å²) >= 11 is 0. The lowest BCUT2D eigenvalue weighted by molar-refractivity contribution is 0.102. The van der Waals surface area contributed by atoms with Gasteiger partial charge in [0, 0.05) is 17.4 Å². The van der Waals surface area contributed by atoms with Crippen LogP contribution in [-0.4, -0.2) is 17.2 Å². The van der Waals surface area contributed by atoms with Crippen molar-refractivity contribution in [2.75, 3.05) is 5.32 Å². The highest BCUT2D eigenvalue weighted by Gasteiger charge is 2.15. The summed E-state index contributed by atoms with van der Waals surface area (Å²) in [5.41, 5.74) is 5.16. The summed E-state index contributed by atoms with van der Waals surface area (Å²) in [5.74, 6) is -0.325. The van der Waals surface area contributed by atoms with Gasteiger partial charge in [0.05, 0.1) is 0 Å². The van der Waals surface area contributed by atoms with E-state index in [1.165, 1.54) is 6.20 Å². The minimum Gasteiger partial charge on any atom is -0.320 e. The Morgan fingerprint density at radius 1 is 0.960 bits per heavy atom. The lowest BCUT2D eigenvalue weighted by atomic mass is 9.99. The van der Waals surface area contributed by atoms with Gasteiger partial charge in [-0.1, -0.05) is 42.5 Å². The summed E-state index contributed by atoms with van der Waals surface area (Å²) in [6.07, 6.45) is 2.20. The van der Waals surface area contributed by atoms with Crippen molar-refractivity contribution in [3.05, 3.63) is 83.2 Å². The van der Waals surface area contributed by atoms with Gasteiger partial charge in [-0.05, 0) is 48.2 Å². The number of hydrogen-bond donors (Lipinski definition) is 1. The first-order chi connectivity index (χ1) is 12.1. The maximum Gasteiger partial charge on any atom is 0.274 e. The molecule has 3 rings (SSSR count). The number of carbonyl (C=O) groups excluding carboxylic acids is 2. The summed E-state index contributed by atoms with van der Waals surface area (Å²) < 4.78 is 0. The van der Waals surface area contributed by atoms with Gasteiger partial charge in [0.15, 0.2) is 0 Å². The molecule has 0 unspecified atom stereocenters. The number of hydrogen-bond acceptors (Lipinski definition) is 3. The van der Waals surface area contributed by atoms with E-state index in [2.05, 4.69) is 10.3 Å². The van der Waals surface area contributed by atoms with Crippen molar-refractivity contribution in [1.29, 1.82) is 0 Å². The molecule has 4 heteroatoms. The van der Waals surface area contributed by atoms with Crippen LogP contribution < -0.4 is 5.32 Å². The molecule has 0 aliphatic carbocycles.